The van der Waals surface area contributed by atoms with E-state index in [0.717, 1.165) is 24.3 Å². The number of hydrogen-bond acceptors (Lipinski definition) is 3. The Morgan fingerprint density at radius 2 is 1.65 bits per heavy atom. The monoisotopic (exact) mass is 311 g/mol. The van der Waals surface area contributed by atoms with Crippen LogP contribution in [0.2, 0.25) is 0 Å². The first-order valence-corrected chi connectivity index (χ1v) is 7.33. The zero-order valence-electron chi connectivity index (χ0n) is 11.3. The molecule has 0 heterocycles. The Morgan fingerprint density at radius 3 is 2.05 bits per heavy atom. The highest BCUT2D eigenvalue weighted by molar-refractivity contribution is 7.89. The number of nitrogens with one attached hydrogen (secondary N) is 1. The summed E-state index contributed by atoms with van der Waals surface area (Å²) in [4.78, 5) is -0.117. The van der Waals surface area contributed by atoms with Gasteiger partial charge in [0.15, 0.2) is 0 Å². The van der Waals surface area contributed by atoms with Crippen molar-refractivity contribution < 1.29 is 26.3 Å². The van der Waals surface area contributed by atoms with Gasteiger partial charge < -0.3 is 4.74 Å². The largest absolute Gasteiger partial charge is 0.573 e. The predicted octanol–water partition coefficient (Wildman–Crippen LogP) is 3.05. The first kappa shape index (κ1) is 16.8. The molecule has 4 nitrogen and oxygen atoms in total. The van der Waals surface area contributed by atoms with Crippen LogP contribution in [0.1, 0.15) is 27.2 Å². The topological polar surface area (TPSA) is 55.4 Å². The summed E-state index contributed by atoms with van der Waals surface area (Å²) in [6.07, 6.45) is -4.23. The summed E-state index contributed by atoms with van der Waals surface area (Å²) >= 11 is 0. The van der Waals surface area contributed by atoms with E-state index in [-0.39, 0.29) is 4.90 Å². The molecule has 0 aliphatic heterocycles. The van der Waals surface area contributed by atoms with Crippen LogP contribution in [0.5, 0.6) is 5.75 Å². The van der Waals surface area contributed by atoms with Crippen LogP contribution in [-0.2, 0) is 10.0 Å². The van der Waals surface area contributed by atoms with E-state index in [9.17, 15) is 21.6 Å². The van der Waals surface area contributed by atoms with Crippen molar-refractivity contribution in [2.24, 2.45) is 0 Å². The smallest absolute Gasteiger partial charge is 0.406 e. The minimum Gasteiger partial charge on any atom is -0.406 e. The fraction of sp³-hybridized carbons (Fsp3) is 0.500. The zero-order chi connectivity index (χ0) is 15.6. The Morgan fingerprint density at radius 1 is 1.15 bits per heavy atom. The van der Waals surface area contributed by atoms with Gasteiger partial charge in [0.25, 0.3) is 0 Å². The maximum absolute atomic E-state index is 12.0. The van der Waals surface area contributed by atoms with Crippen LogP contribution in [-0.4, -0.2) is 20.3 Å². The molecule has 0 aliphatic carbocycles. The molecule has 1 rings (SSSR count). The van der Waals surface area contributed by atoms with Crippen LogP contribution in [0, 0.1) is 0 Å². The molecule has 1 aromatic carbocycles. The summed E-state index contributed by atoms with van der Waals surface area (Å²) in [7, 11) is -3.78. The van der Waals surface area contributed by atoms with Gasteiger partial charge in [0.05, 0.1) is 4.90 Å². The molecule has 0 saturated heterocycles. The van der Waals surface area contributed by atoms with Gasteiger partial charge in [0, 0.05) is 5.54 Å². The molecule has 114 valence electrons. The highest BCUT2D eigenvalue weighted by Crippen LogP contribution is 2.24. The van der Waals surface area contributed by atoms with Crippen LogP contribution < -0.4 is 9.46 Å². The van der Waals surface area contributed by atoms with E-state index in [4.69, 9.17) is 0 Å². The summed E-state index contributed by atoms with van der Waals surface area (Å²) in [6, 6.07) is 4.05. The third-order valence-corrected chi connectivity index (χ3v) is 4.38. The van der Waals surface area contributed by atoms with Gasteiger partial charge in [-0.2, -0.15) is 0 Å². The molecule has 0 aliphatic rings. The van der Waals surface area contributed by atoms with Gasteiger partial charge in [-0.3, -0.25) is 0 Å². The molecule has 0 fully saturated rings. The number of halogens is 3. The lowest BCUT2D eigenvalue weighted by molar-refractivity contribution is -0.274. The highest BCUT2D eigenvalue weighted by atomic mass is 32.2. The van der Waals surface area contributed by atoms with E-state index in [1.165, 1.54) is 0 Å². The molecule has 0 amide bonds. The van der Waals surface area contributed by atoms with Crippen molar-refractivity contribution in [1.82, 2.24) is 4.72 Å². The molecular weight excluding hydrogens is 295 g/mol. The normalized spacial score (nSPS) is 13.3. The van der Waals surface area contributed by atoms with Crippen molar-refractivity contribution in [2.45, 2.75) is 44.0 Å². The van der Waals surface area contributed by atoms with E-state index < -0.39 is 27.7 Å². The predicted molar refractivity (Wildman–Crippen MR) is 67.8 cm³/mol. The fourth-order valence-electron chi connectivity index (χ4n) is 1.32. The van der Waals surface area contributed by atoms with Gasteiger partial charge in [0.1, 0.15) is 5.75 Å². The molecule has 0 saturated carbocycles. The quantitative estimate of drug-likeness (QED) is 0.909. The number of ether oxygens (including phenoxy) is 1. The summed E-state index contributed by atoms with van der Waals surface area (Å²) in [5.41, 5.74) is -0.639. The molecule has 0 atom stereocenters. The highest BCUT2D eigenvalue weighted by Gasteiger charge is 2.31. The Bertz CT molecular complexity index is 550. The van der Waals surface area contributed by atoms with Crippen molar-refractivity contribution in [3.8, 4) is 5.75 Å². The lowest BCUT2D eigenvalue weighted by atomic mass is 10.0. The van der Waals surface area contributed by atoms with Crippen molar-refractivity contribution in [3.05, 3.63) is 24.3 Å². The van der Waals surface area contributed by atoms with Crippen molar-refractivity contribution in [2.75, 3.05) is 0 Å². The van der Waals surface area contributed by atoms with E-state index in [1.807, 2.05) is 6.92 Å². The van der Waals surface area contributed by atoms with E-state index in [2.05, 4.69) is 9.46 Å². The van der Waals surface area contributed by atoms with Crippen LogP contribution in [0.3, 0.4) is 0 Å². The van der Waals surface area contributed by atoms with Crippen molar-refractivity contribution in [3.63, 3.8) is 0 Å². The van der Waals surface area contributed by atoms with Gasteiger partial charge in [0.2, 0.25) is 10.0 Å². The van der Waals surface area contributed by atoms with Crippen LogP contribution in [0.15, 0.2) is 29.2 Å². The van der Waals surface area contributed by atoms with E-state index in [0.29, 0.717) is 6.42 Å². The second kappa shape index (κ2) is 5.61. The Labute approximate surface area is 116 Å². The van der Waals surface area contributed by atoms with Crippen LogP contribution in [0.25, 0.3) is 0 Å². The Kier molecular flexibility index (Phi) is 4.70. The molecule has 8 heteroatoms. The number of sulfonamides is 1. The maximum Gasteiger partial charge on any atom is 0.573 e. The molecule has 0 spiro atoms. The Balaban J connectivity index is 2.93. The molecule has 1 aromatic rings. The third kappa shape index (κ3) is 5.01. The second-order valence-corrected chi connectivity index (χ2v) is 6.54. The van der Waals surface area contributed by atoms with Gasteiger partial charge in [-0.25, -0.2) is 13.1 Å². The van der Waals surface area contributed by atoms with Crippen molar-refractivity contribution >= 4 is 10.0 Å². The molecule has 0 bridgehead atoms. The standard InChI is InChI=1S/C12H16F3NO3S/c1-4-11(2,3)16-20(17,18)10-7-5-9(6-8-10)19-12(13,14)15/h5-8,16H,4H2,1-3H3. The zero-order valence-corrected chi connectivity index (χ0v) is 12.1. The molecule has 0 unspecified atom stereocenters. The Hall–Kier alpha value is -1.28. The number of benzene rings is 1. The number of alkyl halides is 3. The van der Waals surface area contributed by atoms with Gasteiger partial charge >= 0.3 is 6.36 Å². The number of hydrogen-bond donors (Lipinski definition) is 1. The van der Waals surface area contributed by atoms with Crippen molar-refractivity contribution in [1.29, 1.82) is 0 Å². The first-order valence-electron chi connectivity index (χ1n) is 5.85. The van der Waals surface area contributed by atoms with Crippen LogP contribution in [0.4, 0.5) is 13.2 Å². The molecular formula is C12H16F3NO3S. The summed E-state index contributed by atoms with van der Waals surface area (Å²) in [5.74, 6) is -0.466. The van der Waals surface area contributed by atoms with Crippen LogP contribution >= 0.6 is 0 Å². The van der Waals surface area contributed by atoms with Gasteiger partial charge in [-0.05, 0) is 44.5 Å². The lowest BCUT2D eigenvalue weighted by Gasteiger charge is -2.24. The SMILES string of the molecule is CCC(C)(C)NS(=O)(=O)c1ccc(OC(F)(F)F)cc1. The molecule has 0 radical (unpaired) electrons. The average Bonchev–Trinajstić information content (AvgIpc) is 2.26. The van der Waals surface area contributed by atoms with Gasteiger partial charge in [-0.15, -0.1) is 13.2 Å². The first-order chi connectivity index (χ1) is 8.95. The fourth-order valence-corrected chi connectivity index (χ4v) is 2.80. The van der Waals surface area contributed by atoms with Gasteiger partial charge in [-0.1, -0.05) is 6.92 Å². The maximum atomic E-state index is 12.0. The molecule has 0 aromatic heterocycles. The summed E-state index contributed by atoms with van der Waals surface area (Å²) in [6.45, 7) is 5.25. The van der Waals surface area contributed by atoms with E-state index >= 15 is 0 Å². The molecule has 20 heavy (non-hydrogen) atoms. The lowest BCUT2D eigenvalue weighted by Crippen LogP contribution is -2.42. The number of rotatable bonds is 5. The summed E-state index contributed by atoms with van der Waals surface area (Å²) in [5, 5.41) is 0. The molecule has 1 N–H and O–H groups in total. The third-order valence-electron chi connectivity index (χ3n) is 2.66. The van der Waals surface area contributed by atoms with E-state index in [1.54, 1.807) is 13.8 Å². The summed E-state index contributed by atoms with van der Waals surface area (Å²) < 4.78 is 66.2. The minimum atomic E-state index is -4.80. The average molecular weight is 311 g/mol. The second-order valence-electron chi connectivity index (χ2n) is 4.86. The minimum absolute atomic E-state index is 0.117.